The fourth-order valence-electron chi connectivity index (χ4n) is 1.25. The summed E-state index contributed by atoms with van der Waals surface area (Å²) in [6, 6.07) is 1.66. The smallest absolute Gasteiger partial charge is 0.390 e. The molecule has 92 valence electrons. The summed E-state index contributed by atoms with van der Waals surface area (Å²) < 4.78 is 41.4. The first-order chi connectivity index (χ1) is 7.91. The molecular formula is C9H8F3N3OS. The van der Waals surface area contributed by atoms with Gasteiger partial charge in [-0.15, -0.1) is 11.3 Å². The van der Waals surface area contributed by atoms with Gasteiger partial charge in [0, 0.05) is 4.88 Å². The molecule has 0 aliphatic rings. The number of anilines is 1. The lowest BCUT2D eigenvalue weighted by molar-refractivity contribution is -0.146. The molecule has 0 aliphatic carbocycles. The molecule has 4 nitrogen and oxygen atoms in total. The SMILES string of the molecule is CCc1cc(-c2nc(C(F)(F)F)no2)c(N)s1. The summed E-state index contributed by atoms with van der Waals surface area (Å²) in [5.74, 6) is -1.50. The summed E-state index contributed by atoms with van der Waals surface area (Å²) in [7, 11) is 0. The second-order valence-corrected chi connectivity index (χ2v) is 4.43. The maximum atomic E-state index is 12.3. The molecule has 2 aromatic rings. The van der Waals surface area contributed by atoms with Crippen LogP contribution in [0.5, 0.6) is 0 Å². The van der Waals surface area contributed by atoms with Crippen LogP contribution in [0, 0.1) is 0 Å². The average Bonchev–Trinajstić information content (AvgIpc) is 2.82. The molecule has 0 radical (unpaired) electrons. The fraction of sp³-hybridized carbons (Fsp3) is 0.333. The molecular weight excluding hydrogens is 255 g/mol. The van der Waals surface area contributed by atoms with Gasteiger partial charge in [-0.2, -0.15) is 18.2 Å². The first-order valence-electron chi connectivity index (χ1n) is 4.71. The van der Waals surface area contributed by atoms with E-state index >= 15 is 0 Å². The molecule has 0 saturated heterocycles. The molecule has 2 heterocycles. The Morgan fingerprint density at radius 2 is 2.18 bits per heavy atom. The number of thiophene rings is 1. The van der Waals surface area contributed by atoms with Crippen molar-refractivity contribution in [2.45, 2.75) is 19.5 Å². The topological polar surface area (TPSA) is 64.9 Å². The molecule has 0 fully saturated rings. The number of hydrogen-bond acceptors (Lipinski definition) is 5. The molecule has 8 heteroatoms. The third-order valence-electron chi connectivity index (χ3n) is 2.07. The predicted molar refractivity (Wildman–Crippen MR) is 56.4 cm³/mol. The Labute approximate surface area is 98.2 Å². The molecule has 0 atom stereocenters. The van der Waals surface area contributed by atoms with Gasteiger partial charge in [-0.25, -0.2) is 0 Å². The van der Waals surface area contributed by atoms with Crippen LogP contribution < -0.4 is 5.73 Å². The van der Waals surface area contributed by atoms with Crippen molar-refractivity contribution in [3.63, 3.8) is 0 Å². The van der Waals surface area contributed by atoms with E-state index in [1.165, 1.54) is 11.3 Å². The maximum Gasteiger partial charge on any atom is 0.455 e. The van der Waals surface area contributed by atoms with Crippen LogP contribution in [0.25, 0.3) is 11.5 Å². The summed E-state index contributed by atoms with van der Waals surface area (Å²) in [4.78, 5) is 4.23. The van der Waals surface area contributed by atoms with Gasteiger partial charge in [0.25, 0.3) is 11.7 Å². The maximum absolute atomic E-state index is 12.3. The summed E-state index contributed by atoms with van der Waals surface area (Å²) in [5.41, 5.74) is 6.03. The zero-order chi connectivity index (χ0) is 12.6. The van der Waals surface area contributed by atoms with Crippen molar-refractivity contribution in [3.8, 4) is 11.5 Å². The molecule has 0 amide bonds. The van der Waals surface area contributed by atoms with Crippen molar-refractivity contribution >= 4 is 16.3 Å². The van der Waals surface area contributed by atoms with Crippen LogP contribution in [0.4, 0.5) is 18.2 Å². The van der Waals surface area contributed by atoms with E-state index in [9.17, 15) is 13.2 Å². The van der Waals surface area contributed by atoms with Gasteiger partial charge in [0.1, 0.15) is 0 Å². The van der Waals surface area contributed by atoms with E-state index in [0.29, 0.717) is 10.6 Å². The van der Waals surface area contributed by atoms with Crippen LogP contribution in [0.15, 0.2) is 10.6 Å². The van der Waals surface area contributed by atoms with E-state index < -0.39 is 12.0 Å². The third-order valence-corrected chi connectivity index (χ3v) is 3.18. The number of aryl methyl sites for hydroxylation is 1. The summed E-state index contributed by atoms with van der Waals surface area (Å²) in [5, 5.41) is 3.25. The zero-order valence-electron chi connectivity index (χ0n) is 8.71. The molecule has 0 bridgehead atoms. The highest BCUT2D eigenvalue weighted by Gasteiger charge is 2.37. The molecule has 2 aromatic heterocycles. The number of nitrogens with zero attached hydrogens (tertiary/aromatic N) is 2. The standard InChI is InChI=1S/C9H8F3N3OS/c1-2-4-3-5(6(13)17-4)7-14-8(15-16-7)9(10,11)12/h3H,2,13H2,1H3. The Balaban J connectivity index is 2.40. The number of aromatic nitrogens is 2. The summed E-state index contributed by atoms with van der Waals surface area (Å²) >= 11 is 1.29. The van der Waals surface area contributed by atoms with Gasteiger partial charge >= 0.3 is 6.18 Å². The van der Waals surface area contributed by atoms with Crippen LogP contribution in [0.2, 0.25) is 0 Å². The van der Waals surface area contributed by atoms with Gasteiger partial charge in [-0.3, -0.25) is 0 Å². The van der Waals surface area contributed by atoms with Crippen molar-refractivity contribution in [1.29, 1.82) is 0 Å². The van der Waals surface area contributed by atoms with Crippen LogP contribution in [0.3, 0.4) is 0 Å². The minimum absolute atomic E-state index is 0.203. The second-order valence-electron chi connectivity index (χ2n) is 3.27. The van der Waals surface area contributed by atoms with Crippen molar-refractivity contribution in [1.82, 2.24) is 10.1 Å². The van der Waals surface area contributed by atoms with Crippen LogP contribution in [0.1, 0.15) is 17.6 Å². The highest BCUT2D eigenvalue weighted by atomic mass is 32.1. The molecule has 2 rings (SSSR count). The number of nitrogens with two attached hydrogens (primary N) is 1. The lowest BCUT2D eigenvalue weighted by Crippen LogP contribution is -2.07. The minimum atomic E-state index is -4.61. The number of alkyl halides is 3. The Hall–Kier alpha value is -1.57. The van der Waals surface area contributed by atoms with Gasteiger partial charge in [-0.05, 0) is 12.5 Å². The molecule has 17 heavy (non-hydrogen) atoms. The Bertz CT molecular complexity index is 532. The number of halogens is 3. The van der Waals surface area contributed by atoms with Gasteiger partial charge in [0.05, 0.1) is 10.6 Å². The van der Waals surface area contributed by atoms with Gasteiger partial charge in [0.2, 0.25) is 0 Å². The van der Waals surface area contributed by atoms with E-state index in [4.69, 9.17) is 5.73 Å². The zero-order valence-corrected chi connectivity index (χ0v) is 9.52. The first kappa shape index (κ1) is 11.9. The van der Waals surface area contributed by atoms with Crippen molar-refractivity contribution in [2.24, 2.45) is 0 Å². The van der Waals surface area contributed by atoms with Gasteiger partial charge in [0.15, 0.2) is 0 Å². The highest BCUT2D eigenvalue weighted by Crippen LogP contribution is 2.35. The molecule has 0 spiro atoms. The fourth-order valence-corrected chi connectivity index (χ4v) is 2.11. The largest absolute Gasteiger partial charge is 0.455 e. The van der Waals surface area contributed by atoms with E-state index in [-0.39, 0.29) is 5.89 Å². The number of nitrogen functional groups attached to an aromatic ring is 1. The van der Waals surface area contributed by atoms with Crippen LogP contribution in [-0.4, -0.2) is 10.1 Å². The van der Waals surface area contributed by atoms with Crippen LogP contribution >= 0.6 is 11.3 Å². The number of rotatable bonds is 2. The third kappa shape index (κ3) is 2.26. The summed E-state index contributed by atoms with van der Waals surface area (Å²) in [6.07, 6.45) is -3.87. The highest BCUT2D eigenvalue weighted by molar-refractivity contribution is 7.16. The predicted octanol–water partition coefficient (Wildman–Crippen LogP) is 2.96. The van der Waals surface area contributed by atoms with Gasteiger partial charge < -0.3 is 10.3 Å². The second kappa shape index (κ2) is 4.02. The van der Waals surface area contributed by atoms with Crippen LogP contribution in [-0.2, 0) is 12.6 Å². The van der Waals surface area contributed by atoms with Gasteiger partial charge in [-0.1, -0.05) is 12.1 Å². The molecule has 0 aromatic carbocycles. The Morgan fingerprint density at radius 3 is 2.65 bits per heavy atom. The molecule has 0 saturated carbocycles. The molecule has 0 unspecified atom stereocenters. The lowest BCUT2D eigenvalue weighted by Gasteiger charge is -1.96. The van der Waals surface area contributed by atoms with E-state index in [1.807, 2.05) is 6.92 Å². The Kier molecular flexibility index (Phi) is 2.82. The molecule has 2 N–H and O–H groups in total. The van der Waals surface area contributed by atoms with E-state index in [2.05, 4.69) is 14.7 Å². The van der Waals surface area contributed by atoms with Crippen molar-refractivity contribution < 1.29 is 17.7 Å². The quantitative estimate of drug-likeness (QED) is 0.904. The number of hydrogen-bond donors (Lipinski definition) is 1. The van der Waals surface area contributed by atoms with E-state index in [1.54, 1.807) is 6.07 Å². The molecule has 0 aliphatic heterocycles. The van der Waals surface area contributed by atoms with Crippen molar-refractivity contribution in [3.05, 3.63) is 16.8 Å². The monoisotopic (exact) mass is 263 g/mol. The minimum Gasteiger partial charge on any atom is -0.390 e. The van der Waals surface area contributed by atoms with E-state index in [0.717, 1.165) is 11.3 Å². The van der Waals surface area contributed by atoms with Crippen molar-refractivity contribution in [2.75, 3.05) is 5.73 Å². The normalized spacial score (nSPS) is 12.0. The summed E-state index contributed by atoms with van der Waals surface area (Å²) in [6.45, 7) is 1.92. The first-order valence-corrected chi connectivity index (χ1v) is 5.53. The lowest BCUT2D eigenvalue weighted by atomic mass is 10.2. The average molecular weight is 263 g/mol. The Morgan fingerprint density at radius 1 is 1.47 bits per heavy atom.